The largest absolute Gasteiger partial charge is 0.349 e. The summed E-state index contributed by atoms with van der Waals surface area (Å²) >= 11 is 6.11. The Balaban J connectivity index is 1.46. The van der Waals surface area contributed by atoms with Gasteiger partial charge in [0.2, 0.25) is 0 Å². The van der Waals surface area contributed by atoms with Gasteiger partial charge in [0, 0.05) is 62.6 Å². The van der Waals surface area contributed by atoms with Crippen LogP contribution in [-0.2, 0) is 6.54 Å². The van der Waals surface area contributed by atoms with Crippen LogP contribution in [0, 0.1) is 5.41 Å². The second-order valence-electron chi connectivity index (χ2n) is 8.55. The lowest BCUT2D eigenvalue weighted by molar-refractivity contribution is 0.105. The van der Waals surface area contributed by atoms with E-state index in [0.717, 1.165) is 54.4 Å². The number of hydrogen-bond donors (Lipinski definition) is 1. The van der Waals surface area contributed by atoms with Crippen molar-refractivity contribution in [2.45, 2.75) is 31.5 Å². The van der Waals surface area contributed by atoms with E-state index in [1.54, 1.807) is 0 Å². The Morgan fingerprint density at radius 1 is 1.10 bits per heavy atom. The molecule has 4 heterocycles. The van der Waals surface area contributed by atoms with Gasteiger partial charge in [-0.1, -0.05) is 29.8 Å². The first-order valence-corrected chi connectivity index (χ1v) is 10.9. The topological polar surface area (TPSA) is 50.9 Å². The molecule has 7 heteroatoms. The molecule has 2 aromatic heterocycles. The van der Waals surface area contributed by atoms with Crippen LogP contribution in [-0.4, -0.2) is 69.3 Å². The molecule has 30 heavy (non-hydrogen) atoms. The molecule has 156 valence electrons. The maximum absolute atomic E-state index is 8.48. The summed E-state index contributed by atoms with van der Waals surface area (Å²) in [7, 11) is 3.93. The number of nitrogens with one attached hydrogen (secondary N) is 1. The zero-order valence-electron chi connectivity index (χ0n) is 17.4. The van der Waals surface area contributed by atoms with Crippen molar-refractivity contribution < 1.29 is 0 Å². The summed E-state index contributed by atoms with van der Waals surface area (Å²) < 4.78 is 2.21. The lowest BCUT2D eigenvalue weighted by Gasteiger charge is -2.43. The van der Waals surface area contributed by atoms with E-state index >= 15 is 0 Å². The van der Waals surface area contributed by atoms with Crippen LogP contribution in [0.4, 0.5) is 0 Å². The Morgan fingerprint density at radius 2 is 1.80 bits per heavy atom. The molecule has 2 aliphatic heterocycles. The van der Waals surface area contributed by atoms with Crippen molar-refractivity contribution in [2.75, 3.05) is 27.2 Å². The summed E-state index contributed by atoms with van der Waals surface area (Å²) in [5.41, 5.74) is 4.29. The minimum atomic E-state index is 0.414. The second kappa shape index (κ2) is 7.60. The van der Waals surface area contributed by atoms with Gasteiger partial charge in [0.15, 0.2) is 5.96 Å². The lowest BCUT2D eigenvalue weighted by atomic mass is 10.1. The standard InChI is InChI=1S/C23H27ClN6/c1-27(2)23(25)30-18-10-11-19(30)14-28(13-18)15-20-22(16-6-8-17(24)9-7-16)26-21-5-3-4-12-29(20)21/h3-9,12,18-19,25H,10-11,13-15H2,1-2H3. The summed E-state index contributed by atoms with van der Waals surface area (Å²) in [6, 6.07) is 14.9. The van der Waals surface area contributed by atoms with Crippen molar-refractivity contribution in [2.24, 2.45) is 0 Å². The predicted octanol–water partition coefficient (Wildman–Crippen LogP) is 3.80. The van der Waals surface area contributed by atoms with E-state index in [9.17, 15) is 0 Å². The first-order valence-electron chi connectivity index (χ1n) is 10.5. The normalized spacial score (nSPS) is 21.4. The average molecular weight is 423 g/mol. The van der Waals surface area contributed by atoms with Crippen LogP contribution >= 0.6 is 11.6 Å². The maximum atomic E-state index is 8.48. The molecule has 0 radical (unpaired) electrons. The van der Waals surface area contributed by atoms with Crippen LogP contribution in [0.2, 0.25) is 5.02 Å². The first kappa shape index (κ1) is 19.4. The number of halogens is 1. The quantitative estimate of drug-likeness (QED) is 0.515. The minimum absolute atomic E-state index is 0.414. The molecule has 5 rings (SSSR count). The third-order valence-electron chi connectivity index (χ3n) is 6.35. The summed E-state index contributed by atoms with van der Waals surface area (Å²) in [6.07, 6.45) is 4.42. The molecule has 1 N–H and O–H groups in total. The van der Waals surface area contributed by atoms with E-state index in [1.165, 1.54) is 5.69 Å². The second-order valence-corrected chi connectivity index (χ2v) is 8.98. The Morgan fingerprint density at radius 3 is 2.47 bits per heavy atom. The summed E-state index contributed by atoms with van der Waals surface area (Å²) in [5, 5.41) is 9.22. The number of pyridine rings is 1. The molecule has 1 aromatic carbocycles. The average Bonchev–Trinajstić information content (AvgIpc) is 3.23. The van der Waals surface area contributed by atoms with Crippen molar-refractivity contribution in [1.29, 1.82) is 5.41 Å². The zero-order chi connectivity index (χ0) is 20.8. The van der Waals surface area contributed by atoms with E-state index in [0.29, 0.717) is 18.0 Å². The first-order chi connectivity index (χ1) is 14.5. The number of rotatable bonds is 3. The number of benzene rings is 1. The van der Waals surface area contributed by atoms with Crippen LogP contribution in [0.5, 0.6) is 0 Å². The SMILES string of the molecule is CN(C)C(=N)N1C2CCC1CN(Cc1c(-c3ccc(Cl)cc3)nc3ccccn13)C2. The molecule has 3 aromatic rings. The molecule has 2 saturated heterocycles. The Bertz CT molecular complexity index is 1060. The van der Waals surface area contributed by atoms with Gasteiger partial charge in [0.05, 0.1) is 11.4 Å². The molecule has 2 bridgehead atoms. The van der Waals surface area contributed by atoms with Gasteiger partial charge >= 0.3 is 0 Å². The Labute approximate surface area is 182 Å². The number of fused-ring (bicyclic) bond motifs is 3. The minimum Gasteiger partial charge on any atom is -0.349 e. The number of aromatic nitrogens is 2. The van der Waals surface area contributed by atoms with Crippen LogP contribution in [0.3, 0.4) is 0 Å². The van der Waals surface area contributed by atoms with E-state index in [4.69, 9.17) is 22.0 Å². The van der Waals surface area contributed by atoms with Crippen molar-refractivity contribution in [1.82, 2.24) is 24.1 Å². The van der Waals surface area contributed by atoms with Gasteiger partial charge in [-0.15, -0.1) is 0 Å². The van der Waals surface area contributed by atoms with Crippen molar-refractivity contribution in [3.8, 4) is 11.3 Å². The smallest absolute Gasteiger partial charge is 0.193 e. The van der Waals surface area contributed by atoms with E-state index < -0.39 is 0 Å². The number of nitrogens with zero attached hydrogens (tertiary/aromatic N) is 5. The van der Waals surface area contributed by atoms with Gasteiger partial charge < -0.3 is 14.2 Å². The summed E-state index contributed by atoms with van der Waals surface area (Å²) in [6.45, 7) is 2.80. The third-order valence-corrected chi connectivity index (χ3v) is 6.60. The Kier molecular flexibility index (Phi) is 4.91. The Hall–Kier alpha value is -2.57. The molecule has 0 spiro atoms. The number of hydrogen-bond acceptors (Lipinski definition) is 3. The molecular formula is C23H27ClN6. The van der Waals surface area contributed by atoms with Crippen LogP contribution in [0.1, 0.15) is 18.5 Å². The van der Waals surface area contributed by atoms with Crippen molar-refractivity contribution in [3.05, 3.63) is 59.4 Å². The molecule has 2 aliphatic rings. The molecule has 2 atom stereocenters. The van der Waals surface area contributed by atoms with Crippen LogP contribution in [0.15, 0.2) is 48.7 Å². The fraction of sp³-hybridized carbons (Fsp3) is 0.391. The van der Waals surface area contributed by atoms with Gasteiger partial charge in [-0.3, -0.25) is 10.3 Å². The third kappa shape index (κ3) is 3.34. The predicted molar refractivity (Wildman–Crippen MR) is 121 cm³/mol. The molecule has 0 saturated carbocycles. The van der Waals surface area contributed by atoms with Crippen LogP contribution < -0.4 is 0 Å². The van der Waals surface area contributed by atoms with Crippen molar-refractivity contribution >= 4 is 23.2 Å². The lowest BCUT2D eigenvalue weighted by Crippen LogP contribution is -2.57. The zero-order valence-corrected chi connectivity index (χ0v) is 18.2. The maximum Gasteiger partial charge on any atom is 0.193 e. The molecular weight excluding hydrogens is 396 g/mol. The van der Waals surface area contributed by atoms with Crippen molar-refractivity contribution in [3.63, 3.8) is 0 Å². The fourth-order valence-electron chi connectivity index (χ4n) is 4.94. The highest BCUT2D eigenvalue weighted by molar-refractivity contribution is 6.30. The highest BCUT2D eigenvalue weighted by atomic mass is 35.5. The monoisotopic (exact) mass is 422 g/mol. The molecule has 0 aliphatic carbocycles. The summed E-state index contributed by atoms with van der Waals surface area (Å²) in [5.74, 6) is 0.638. The molecule has 2 fully saturated rings. The molecule has 0 amide bonds. The number of piperazine rings is 1. The molecule has 6 nitrogen and oxygen atoms in total. The van der Waals surface area contributed by atoms with E-state index in [2.05, 4.69) is 32.5 Å². The highest BCUT2D eigenvalue weighted by Gasteiger charge is 2.42. The van der Waals surface area contributed by atoms with Gasteiger partial charge in [0.1, 0.15) is 5.65 Å². The fourth-order valence-corrected chi connectivity index (χ4v) is 5.07. The number of guanidine groups is 1. The van der Waals surface area contributed by atoms with Gasteiger partial charge in [0.25, 0.3) is 0 Å². The molecule has 2 unspecified atom stereocenters. The highest BCUT2D eigenvalue weighted by Crippen LogP contribution is 2.33. The van der Waals surface area contributed by atoms with Gasteiger partial charge in [-0.05, 0) is 37.1 Å². The summed E-state index contributed by atoms with van der Waals surface area (Å²) in [4.78, 5) is 11.7. The van der Waals surface area contributed by atoms with E-state index in [-0.39, 0.29) is 0 Å². The van der Waals surface area contributed by atoms with Crippen LogP contribution in [0.25, 0.3) is 16.9 Å². The number of likely N-dealkylation sites (tertiary alicyclic amines) is 1. The van der Waals surface area contributed by atoms with E-state index in [1.807, 2.05) is 49.3 Å². The van der Waals surface area contributed by atoms with Gasteiger partial charge in [-0.2, -0.15) is 0 Å². The van der Waals surface area contributed by atoms with Gasteiger partial charge in [-0.25, -0.2) is 4.98 Å². The number of imidazole rings is 1.